The van der Waals surface area contributed by atoms with Gasteiger partial charge in [-0.2, -0.15) is 0 Å². The Balaban J connectivity index is 1.84. The number of carbonyl (C=O) groups excluding carboxylic acids is 3. The molecule has 0 fully saturated rings. The van der Waals surface area contributed by atoms with Gasteiger partial charge in [-0.3, -0.25) is 4.79 Å². The van der Waals surface area contributed by atoms with E-state index in [0.29, 0.717) is 16.8 Å². The molecule has 0 saturated heterocycles. The van der Waals surface area contributed by atoms with E-state index < -0.39 is 24.5 Å². The highest BCUT2D eigenvalue weighted by atomic mass is 16.5. The van der Waals surface area contributed by atoms with E-state index in [-0.39, 0.29) is 18.8 Å². The molecule has 2 N–H and O–H groups in total. The number of esters is 2. The molecule has 2 aromatic carbocycles. The number of aliphatic hydroxyl groups excluding tert-OH is 1. The minimum absolute atomic E-state index is 0.118. The van der Waals surface area contributed by atoms with Crippen molar-refractivity contribution >= 4 is 23.5 Å². The number of aliphatic hydroxyl groups is 1. The van der Waals surface area contributed by atoms with Crippen LogP contribution in [0.2, 0.25) is 0 Å². The van der Waals surface area contributed by atoms with Crippen molar-refractivity contribution in [1.82, 2.24) is 0 Å². The zero-order chi connectivity index (χ0) is 18.9. The van der Waals surface area contributed by atoms with Crippen LogP contribution in [0.15, 0.2) is 48.5 Å². The van der Waals surface area contributed by atoms with Crippen LogP contribution in [-0.2, 0) is 20.9 Å². The number of hydrogen-bond donors (Lipinski definition) is 2. The number of carbonyl (C=O) groups is 3. The van der Waals surface area contributed by atoms with Crippen molar-refractivity contribution in [2.45, 2.75) is 13.5 Å². The number of rotatable bonds is 7. The lowest BCUT2D eigenvalue weighted by atomic mass is 10.1. The topological polar surface area (TPSA) is 102 Å². The Morgan fingerprint density at radius 3 is 1.96 bits per heavy atom. The quantitative estimate of drug-likeness (QED) is 0.736. The monoisotopic (exact) mass is 357 g/mol. The molecule has 0 heterocycles. The van der Waals surface area contributed by atoms with Gasteiger partial charge in [-0.25, -0.2) is 9.59 Å². The summed E-state index contributed by atoms with van der Waals surface area (Å²) >= 11 is 0. The predicted molar refractivity (Wildman–Crippen MR) is 93.7 cm³/mol. The van der Waals surface area contributed by atoms with Crippen LogP contribution in [0.1, 0.15) is 33.2 Å². The van der Waals surface area contributed by atoms with Crippen molar-refractivity contribution in [3.8, 4) is 0 Å². The van der Waals surface area contributed by atoms with Crippen molar-refractivity contribution < 1.29 is 29.0 Å². The van der Waals surface area contributed by atoms with Gasteiger partial charge >= 0.3 is 11.9 Å². The molecule has 136 valence electrons. The lowest BCUT2D eigenvalue weighted by Gasteiger charge is -2.08. The number of amides is 1. The average molecular weight is 357 g/mol. The van der Waals surface area contributed by atoms with E-state index in [1.807, 2.05) is 0 Å². The molecule has 7 nitrogen and oxygen atoms in total. The maximum atomic E-state index is 11.9. The Hall–Kier alpha value is -3.19. The minimum atomic E-state index is -0.637. The van der Waals surface area contributed by atoms with Gasteiger partial charge in [0.2, 0.25) is 0 Å². The zero-order valence-corrected chi connectivity index (χ0v) is 14.2. The number of nitrogens with one attached hydrogen (secondary N) is 1. The molecule has 26 heavy (non-hydrogen) atoms. The van der Waals surface area contributed by atoms with Gasteiger partial charge in [0.15, 0.2) is 6.61 Å². The van der Waals surface area contributed by atoms with Gasteiger partial charge in [0.1, 0.15) is 0 Å². The minimum Gasteiger partial charge on any atom is -0.462 e. The number of anilines is 1. The molecule has 0 spiro atoms. The molecule has 0 radical (unpaired) electrons. The smallest absolute Gasteiger partial charge is 0.338 e. The summed E-state index contributed by atoms with van der Waals surface area (Å²) in [4.78, 5) is 35.3. The van der Waals surface area contributed by atoms with Crippen LogP contribution in [0.4, 0.5) is 5.69 Å². The van der Waals surface area contributed by atoms with Crippen LogP contribution in [0.5, 0.6) is 0 Å². The number of ether oxygens (including phenoxy) is 2. The second kappa shape index (κ2) is 9.33. The maximum Gasteiger partial charge on any atom is 0.338 e. The lowest BCUT2D eigenvalue weighted by Crippen LogP contribution is -2.21. The van der Waals surface area contributed by atoms with E-state index in [1.165, 1.54) is 24.3 Å². The third kappa shape index (κ3) is 5.42. The Morgan fingerprint density at radius 2 is 1.42 bits per heavy atom. The molecule has 7 heteroatoms. The molecule has 1 amide bonds. The molecule has 0 saturated carbocycles. The van der Waals surface area contributed by atoms with Crippen LogP contribution in [0, 0.1) is 0 Å². The van der Waals surface area contributed by atoms with E-state index in [0.717, 1.165) is 0 Å². The fourth-order valence-electron chi connectivity index (χ4n) is 2.06. The summed E-state index contributed by atoms with van der Waals surface area (Å²) in [7, 11) is 0. The van der Waals surface area contributed by atoms with Gasteiger partial charge in [-0.1, -0.05) is 12.1 Å². The van der Waals surface area contributed by atoms with E-state index in [1.54, 1.807) is 31.2 Å². The van der Waals surface area contributed by atoms with Crippen molar-refractivity contribution in [2.24, 2.45) is 0 Å². The Kier molecular flexibility index (Phi) is 6.87. The van der Waals surface area contributed by atoms with E-state index in [9.17, 15) is 14.4 Å². The van der Waals surface area contributed by atoms with E-state index in [4.69, 9.17) is 14.6 Å². The molecule has 0 atom stereocenters. The van der Waals surface area contributed by atoms with Gasteiger partial charge in [-0.15, -0.1) is 0 Å². The molecule has 0 aliphatic heterocycles. The summed E-state index contributed by atoms with van der Waals surface area (Å²) in [5.74, 6) is -1.58. The third-order valence-electron chi connectivity index (χ3n) is 3.39. The first-order valence-corrected chi connectivity index (χ1v) is 7.97. The van der Waals surface area contributed by atoms with Crippen LogP contribution in [-0.4, -0.2) is 36.2 Å². The van der Waals surface area contributed by atoms with Crippen molar-refractivity contribution in [3.05, 3.63) is 65.2 Å². The highest BCUT2D eigenvalue weighted by molar-refractivity contribution is 5.96. The molecule has 0 bridgehead atoms. The maximum absolute atomic E-state index is 11.9. The molecule has 0 aromatic heterocycles. The number of hydrogen-bond acceptors (Lipinski definition) is 6. The van der Waals surface area contributed by atoms with Gasteiger partial charge in [0.25, 0.3) is 5.91 Å². The van der Waals surface area contributed by atoms with Gasteiger partial charge < -0.3 is 19.9 Å². The molecular formula is C19H19NO6. The summed E-state index contributed by atoms with van der Waals surface area (Å²) in [5.41, 5.74) is 1.80. The first kappa shape index (κ1) is 19.1. The highest BCUT2D eigenvalue weighted by Crippen LogP contribution is 2.11. The van der Waals surface area contributed by atoms with Gasteiger partial charge in [0.05, 0.1) is 24.3 Å². The summed E-state index contributed by atoms with van der Waals surface area (Å²) in [5, 5.41) is 11.5. The Bertz CT molecular complexity index is 768. The first-order valence-electron chi connectivity index (χ1n) is 7.97. The van der Waals surface area contributed by atoms with Crippen LogP contribution in [0.25, 0.3) is 0 Å². The summed E-state index contributed by atoms with van der Waals surface area (Å²) in [6.07, 6.45) is 0. The molecule has 2 aromatic rings. The SMILES string of the molecule is CCOC(=O)c1ccc(NC(=O)COC(=O)c2ccc(CO)cc2)cc1. The summed E-state index contributed by atoms with van der Waals surface area (Å²) in [6.45, 7) is 1.44. The van der Waals surface area contributed by atoms with Crippen LogP contribution >= 0.6 is 0 Å². The molecule has 0 unspecified atom stereocenters. The third-order valence-corrected chi connectivity index (χ3v) is 3.39. The fourth-order valence-corrected chi connectivity index (χ4v) is 2.06. The summed E-state index contributed by atoms with van der Waals surface area (Å²) in [6, 6.07) is 12.4. The average Bonchev–Trinajstić information content (AvgIpc) is 2.67. The Morgan fingerprint density at radius 1 is 0.885 bits per heavy atom. The highest BCUT2D eigenvalue weighted by Gasteiger charge is 2.11. The normalized spacial score (nSPS) is 10.1. The van der Waals surface area contributed by atoms with E-state index in [2.05, 4.69) is 5.32 Å². The molecule has 0 aliphatic rings. The van der Waals surface area contributed by atoms with Crippen LogP contribution < -0.4 is 5.32 Å². The van der Waals surface area contributed by atoms with Gasteiger partial charge in [0, 0.05) is 5.69 Å². The molecule has 0 aliphatic carbocycles. The fraction of sp³-hybridized carbons (Fsp3) is 0.211. The second-order valence-electron chi connectivity index (χ2n) is 5.28. The first-order chi connectivity index (χ1) is 12.5. The van der Waals surface area contributed by atoms with Crippen LogP contribution in [0.3, 0.4) is 0 Å². The second-order valence-corrected chi connectivity index (χ2v) is 5.28. The summed E-state index contributed by atoms with van der Waals surface area (Å²) < 4.78 is 9.81. The van der Waals surface area contributed by atoms with Crippen molar-refractivity contribution in [1.29, 1.82) is 0 Å². The van der Waals surface area contributed by atoms with Gasteiger partial charge in [-0.05, 0) is 48.9 Å². The molecule has 2 rings (SSSR count). The lowest BCUT2D eigenvalue weighted by molar-refractivity contribution is -0.119. The predicted octanol–water partition coefficient (Wildman–Crippen LogP) is 2.15. The van der Waals surface area contributed by atoms with Crippen molar-refractivity contribution in [3.63, 3.8) is 0 Å². The number of benzene rings is 2. The largest absolute Gasteiger partial charge is 0.462 e. The standard InChI is InChI=1S/C19H19NO6/c1-2-25-18(23)15-7-9-16(10-8-15)20-17(22)12-26-19(24)14-5-3-13(11-21)4-6-14/h3-10,21H,2,11-12H2,1H3,(H,20,22). The Labute approximate surface area is 150 Å². The van der Waals surface area contributed by atoms with Crippen molar-refractivity contribution in [2.75, 3.05) is 18.5 Å². The zero-order valence-electron chi connectivity index (χ0n) is 14.2. The van der Waals surface area contributed by atoms with E-state index >= 15 is 0 Å². The molecular weight excluding hydrogens is 338 g/mol.